The maximum Gasteiger partial charge on any atom is 0.416 e. The summed E-state index contributed by atoms with van der Waals surface area (Å²) in [5.74, 6) is -1.61. The van der Waals surface area contributed by atoms with Crippen LogP contribution < -0.4 is 4.31 Å². The summed E-state index contributed by atoms with van der Waals surface area (Å²) in [6.07, 6.45) is -3.62. The third kappa shape index (κ3) is 4.98. The number of halogens is 5. The maximum absolute atomic E-state index is 13.5. The van der Waals surface area contributed by atoms with Crippen molar-refractivity contribution in [3.8, 4) is 0 Å². The Morgan fingerprint density at radius 1 is 1.06 bits per heavy atom. The van der Waals surface area contributed by atoms with Crippen molar-refractivity contribution in [2.24, 2.45) is 0 Å². The van der Waals surface area contributed by atoms with Crippen LogP contribution in [0.3, 0.4) is 0 Å². The second kappa shape index (κ2) is 8.97. The summed E-state index contributed by atoms with van der Waals surface area (Å²) in [5, 5.41) is 8.92. The van der Waals surface area contributed by atoms with Gasteiger partial charge in [-0.25, -0.2) is 22.5 Å². The number of hydrogen-bond donors (Lipinski definition) is 1. The minimum absolute atomic E-state index is 0.0950. The summed E-state index contributed by atoms with van der Waals surface area (Å²) in [5.41, 5.74) is -1.52. The van der Waals surface area contributed by atoms with Crippen LogP contribution in [0.15, 0.2) is 65.7 Å². The molecule has 0 spiro atoms. The van der Waals surface area contributed by atoms with Gasteiger partial charge in [0.25, 0.3) is 10.0 Å². The van der Waals surface area contributed by atoms with E-state index in [1.54, 1.807) is 0 Å². The highest BCUT2D eigenvalue weighted by Gasteiger charge is 2.35. The molecule has 0 saturated carbocycles. The minimum atomic E-state index is -4.73. The Hall–Kier alpha value is -2.82. The fourth-order valence-electron chi connectivity index (χ4n) is 2.85. The number of rotatable bonds is 6. The number of alkyl halides is 3. The van der Waals surface area contributed by atoms with Gasteiger partial charge in [0.1, 0.15) is 0 Å². The maximum atomic E-state index is 13.5. The molecule has 0 unspecified atom stereocenters. The molecule has 2 aromatic carbocycles. The number of carboxylic acid groups (broad SMARTS) is 1. The zero-order valence-electron chi connectivity index (χ0n) is 15.8. The summed E-state index contributed by atoms with van der Waals surface area (Å²) in [6, 6.07) is 9.90. The van der Waals surface area contributed by atoms with Gasteiger partial charge in [-0.15, -0.1) is 0 Å². The molecule has 0 bridgehead atoms. The molecule has 168 valence electrons. The predicted octanol–water partition coefficient (Wildman–Crippen LogP) is 5.50. The number of aromatic carboxylic acids is 1. The number of carbonyl (C=O) groups is 1. The van der Waals surface area contributed by atoms with Crippen molar-refractivity contribution in [1.29, 1.82) is 0 Å². The number of pyridine rings is 1. The van der Waals surface area contributed by atoms with Crippen LogP contribution in [0.5, 0.6) is 0 Å². The van der Waals surface area contributed by atoms with Gasteiger partial charge >= 0.3 is 12.1 Å². The fourth-order valence-corrected chi connectivity index (χ4v) is 4.80. The smallest absolute Gasteiger partial charge is 0.416 e. The van der Waals surface area contributed by atoms with E-state index in [-0.39, 0.29) is 31.9 Å². The average molecular weight is 505 g/mol. The van der Waals surface area contributed by atoms with Gasteiger partial charge in [-0.05, 0) is 42.0 Å². The van der Waals surface area contributed by atoms with Crippen LogP contribution in [-0.4, -0.2) is 24.5 Å². The molecule has 0 aliphatic carbocycles. The highest BCUT2D eigenvalue weighted by atomic mass is 35.5. The molecular weight excluding hydrogens is 492 g/mol. The van der Waals surface area contributed by atoms with Gasteiger partial charge in [0.2, 0.25) is 0 Å². The van der Waals surface area contributed by atoms with Crippen molar-refractivity contribution < 1.29 is 31.5 Å². The van der Waals surface area contributed by atoms with Crippen LogP contribution in [-0.2, 0) is 22.7 Å². The summed E-state index contributed by atoms with van der Waals surface area (Å²) in [4.78, 5) is 14.6. The molecule has 1 N–H and O–H groups in total. The number of aromatic nitrogens is 1. The average Bonchev–Trinajstić information content (AvgIpc) is 2.72. The van der Waals surface area contributed by atoms with Crippen LogP contribution in [0.25, 0.3) is 0 Å². The van der Waals surface area contributed by atoms with E-state index in [0.29, 0.717) is 4.31 Å². The van der Waals surface area contributed by atoms with Gasteiger partial charge in [-0.3, -0.25) is 0 Å². The number of carboxylic acids is 1. The Morgan fingerprint density at radius 3 is 2.25 bits per heavy atom. The van der Waals surface area contributed by atoms with E-state index >= 15 is 0 Å². The number of anilines is 1. The first-order valence-electron chi connectivity index (χ1n) is 8.73. The molecule has 0 aliphatic rings. The second-order valence-corrected chi connectivity index (χ2v) is 9.16. The standard InChI is InChI=1S/C20H13Cl2F3N2O4S/c21-14-9-17(22)18(26-10-14)27(11-13-3-1-2-4-16(13)20(23,24)25)32(30,31)15-7-5-12(6-8-15)19(28)29/h1-10H,11H2,(H,28,29). The second-order valence-electron chi connectivity index (χ2n) is 6.46. The number of hydrogen-bond acceptors (Lipinski definition) is 4. The molecule has 0 aliphatic heterocycles. The fraction of sp³-hybridized carbons (Fsp3) is 0.100. The van der Waals surface area contributed by atoms with E-state index in [4.69, 9.17) is 28.3 Å². The van der Waals surface area contributed by atoms with Crippen molar-refractivity contribution in [2.45, 2.75) is 17.6 Å². The van der Waals surface area contributed by atoms with E-state index in [1.807, 2.05) is 0 Å². The molecule has 3 rings (SSSR count). The van der Waals surface area contributed by atoms with Crippen molar-refractivity contribution in [3.05, 3.63) is 87.5 Å². The van der Waals surface area contributed by atoms with Crippen LogP contribution >= 0.6 is 23.2 Å². The van der Waals surface area contributed by atoms with Crippen LogP contribution in [0.1, 0.15) is 21.5 Å². The quantitative estimate of drug-likeness (QED) is 0.478. The summed E-state index contributed by atoms with van der Waals surface area (Å²) in [7, 11) is -4.51. The van der Waals surface area contributed by atoms with Gasteiger partial charge in [0, 0.05) is 6.20 Å². The summed E-state index contributed by atoms with van der Waals surface area (Å²) < 4.78 is 67.9. The Balaban J connectivity index is 2.17. The lowest BCUT2D eigenvalue weighted by atomic mass is 10.1. The molecule has 0 atom stereocenters. The Morgan fingerprint density at radius 2 is 1.69 bits per heavy atom. The molecule has 32 heavy (non-hydrogen) atoms. The van der Waals surface area contributed by atoms with E-state index < -0.39 is 34.3 Å². The third-order valence-electron chi connectivity index (χ3n) is 4.35. The molecule has 12 heteroatoms. The first kappa shape index (κ1) is 23.8. The Kier molecular flexibility index (Phi) is 6.68. The molecule has 3 aromatic rings. The molecule has 0 amide bonds. The zero-order chi connectivity index (χ0) is 23.7. The lowest BCUT2D eigenvalue weighted by Gasteiger charge is -2.26. The van der Waals surface area contributed by atoms with Gasteiger partial charge in [-0.1, -0.05) is 41.4 Å². The number of benzene rings is 2. The molecule has 0 saturated heterocycles. The SMILES string of the molecule is O=C(O)c1ccc(S(=O)(=O)N(Cc2ccccc2C(F)(F)F)c2ncc(Cl)cc2Cl)cc1. The van der Waals surface area contributed by atoms with Crippen LogP contribution in [0.2, 0.25) is 10.0 Å². The monoisotopic (exact) mass is 504 g/mol. The molecule has 0 fully saturated rings. The molecule has 1 aromatic heterocycles. The number of nitrogens with zero attached hydrogens (tertiary/aromatic N) is 2. The predicted molar refractivity (Wildman–Crippen MR) is 112 cm³/mol. The summed E-state index contributed by atoms with van der Waals surface area (Å²) >= 11 is 12.0. The van der Waals surface area contributed by atoms with Gasteiger partial charge < -0.3 is 5.11 Å². The van der Waals surface area contributed by atoms with Crippen LogP contribution in [0, 0.1) is 0 Å². The van der Waals surface area contributed by atoms with Gasteiger partial charge in [0.15, 0.2) is 5.82 Å². The Labute approximate surface area is 190 Å². The van der Waals surface area contributed by atoms with E-state index in [0.717, 1.165) is 42.6 Å². The topological polar surface area (TPSA) is 87.6 Å². The first-order valence-corrected chi connectivity index (χ1v) is 10.9. The highest BCUT2D eigenvalue weighted by Crippen LogP contribution is 2.36. The number of sulfonamides is 1. The van der Waals surface area contributed by atoms with Crippen molar-refractivity contribution >= 4 is 45.0 Å². The molecule has 6 nitrogen and oxygen atoms in total. The van der Waals surface area contributed by atoms with Crippen molar-refractivity contribution in [2.75, 3.05) is 4.31 Å². The molecule has 0 radical (unpaired) electrons. The zero-order valence-corrected chi connectivity index (χ0v) is 18.2. The van der Waals surface area contributed by atoms with E-state index in [9.17, 15) is 26.4 Å². The van der Waals surface area contributed by atoms with Crippen LogP contribution in [0.4, 0.5) is 19.0 Å². The third-order valence-corrected chi connectivity index (χ3v) is 6.59. The largest absolute Gasteiger partial charge is 0.478 e. The lowest BCUT2D eigenvalue weighted by Crippen LogP contribution is -2.32. The van der Waals surface area contributed by atoms with E-state index in [2.05, 4.69) is 4.98 Å². The molecule has 1 heterocycles. The normalized spacial score (nSPS) is 11.9. The highest BCUT2D eigenvalue weighted by molar-refractivity contribution is 7.92. The molecular formula is C20H13Cl2F3N2O4S. The van der Waals surface area contributed by atoms with E-state index in [1.165, 1.54) is 18.2 Å². The Bertz CT molecular complexity index is 1270. The minimum Gasteiger partial charge on any atom is -0.478 e. The van der Waals surface area contributed by atoms with Crippen molar-refractivity contribution in [1.82, 2.24) is 4.98 Å². The van der Waals surface area contributed by atoms with Gasteiger partial charge in [0.05, 0.1) is 32.6 Å². The van der Waals surface area contributed by atoms with Gasteiger partial charge in [-0.2, -0.15) is 13.2 Å². The first-order chi connectivity index (χ1) is 14.9. The summed E-state index contributed by atoms with van der Waals surface area (Å²) in [6.45, 7) is -0.743. The lowest BCUT2D eigenvalue weighted by molar-refractivity contribution is -0.138. The van der Waals surface area contributed by atoms with Crippen molar-refractivity contribution in [3.63, 3.8) is 0 Å².